The van der Waals surface area contributed by atoms with Crippen molar-refractivity contribution >= 4 is 23.2 Å². The molecule has 8 heteroatoms. The lowest BCUT2D eigenvalue weighted by Gasteiger charge is -2.35. The number of carbonyl (C=O) groups is 2. The Bertz CT molecular complexity index is 1130. The first-order chi connectivity index (χ1) is 19.5. The molecule has 0 unspecified atom stereocenters. The molecule has 2 aliphatic heterocycles. The maximum Gasteiger partial charge on any atom is 0.251 e. The predicted molar refractivity (Wildman–Crippen MR) is 160 cm³/mol. The number of carbonyl (C=O) groups excluding carboxylic acids is 2. The molecule has 5 rings (SSSR count). The first-order valence-corrected chi connectivity index (χ1v) is 15.0. The molecule has 2 amide bonds. The Morgan fingerprint density at radius 3 is 2.52 bits per heavy atom. The molecule has 0 bridgehead atoms. The summed E-state index contributed by atoms with van der Waals surface area (Å²) in [5, 5.41) is 10.0. The maximum atomic E-state index is 13.3. The number of anilines is 2. The second-order valence-electron chi connectivity index (χ2n) is 11.7. The van der Waals surface area contributed by atoms with Gasteiger partial charge >= 0.3 is 0 Å². The number of ether oxygens (including phenoxy) is 1. The number of hydrogen-bond acceptors (Lipinski definition) is 6. The highest BCUT2D eigenvalue weighted by Crippen LogP contribution is 2.30. The molecule has 0 spiro atoms. The largest absolute Gasteiger partial charge is 0.383 e. The van der Waals surface area contributed by atoms with Crippen LogP contribution < -0.4 is 20.9 Å². The number of hydrogen-bond donors (Lipinski definition) is 3. The first kappa shape index (κ1) is 28.4. The summed E-state index contributed by atoms with van der Waals surface area (Å²) in [6.45, 7) is 5.36. The fourth-order valence-corrected chi connectivity index (χ4v) is 6.51. The maximum absolute atomic E-state index is 13.3. The molecular weight excluding hydrogens is 502 g/mol. The average Bonchev–Trinajstić information content (AvgIpc) is 2.98. The number of para-hydroxylation sites is 1. The normalized spacial score (nSPS) is 25.0. The molecule has 4 atom stereocenters. The molecule has 40 heavy (non-hydrogen) atoms. The lowest BCUT2D eigenvalue weighted by Crippen LogP contribution is -2.49. The number of piperazine rings is 1. The highest BCUT2D eigenvalue weighted by molar-refractivity contribution is 5.95. The number of rotatable bonds is 9. The van der Waals surface area contributed by atoms with E-state index in [4.69, 9.17) is 4.74 Å². The van der Waals surface area contributed by atoms with Crippen LogP contribution >= 0.6 is 0 Å². The number of methoxy groups -OCH3 is 1. The number of benzene rings is 2. The lowest BCUT2D eigenvalue weighted by atomic mass is 9.83. The Kier molecular flexibility index (Phi) is 9.60. The van der Waals surface area contributed by atoms with Crippen molar-refractivity contribution in [3.05, 3.63) is 59.7 Å². The first-order valence-electron chi connectivity index (χ1n) is 15.0. The smallest absolute Gasteiger partial charge is 0.251 e. The second-order valence-corrected chi connectivity index (χ2v) is 11.7. The Hall–Kier alpha value is -3.10. The van der Waals surface area contributed by atoms with Crippen LogP contribution in [-0.4, -0.2) is 82.3 Å². The predicted octanol–water partition coefficient (Wildman–Crippen LogP) is 3.53. The van der Waals surface area contributed by atoms with Gasteiger partial charge in [0.05, 0.1) is 18.6 Å². The lowest BCUT2D eigenvalue weighted by molar-refractivity contribution is -0.126. The van der Waals surface area contributed by atoms with Gasteiger partial charge in [-0.25, -0.2) is 0 Å². The molecule has 2 heterocycles. The van der Waals surface area contributed by atoms with E-state index in [-0.39, 0.29) is 29.8 Å². The third-order valence-corrected chi connectivity index (χ3v) is 8.99. The van der Waals surface area contributed by atoms with Gasteiger partial charge in [-0.1, -0.05) is 31.0 Å². The van der Waals surface area contributed by atoms with Gasteiger partial charge in [-0.2, -0.15) is 0 Å². The fourth-order valence-electron chi connectivity index (χ4n) is 6.51. The SMILES string of the molecule is COC[C@@H]1Nc2ccccc2C[C@@H]1CCNC(=O)[C@H]1CCCC[C@H]1NC(=O)c1ccc(N2CCN(C)CC2)cc1. The monoisotopic (exact) mass is 547 g/mol. The summed E-state index contributed by atoms with van der Waals surface area (Å²) in [7, 11) is 3.88. The highest BCUT2D eigenvalue weighted by atomic mass is 16.5. The van der Waals surface area contributed by atoms with E-state index < -0.39 is 0 Å². The van der Waals surface area contributed by atoms with E-state index in [9.17, 15) is 9.59 Å². The van der Waals surface area contributed by atoms with Gasteiger partial charge in [-0.15, -0.1) is 0 Å². The van der Waals surface area contributed by atoms with Crippen LogP contribution in [0.4, 0.5) is 11.4 Å². The van der Waals surface area contributed by atoms with Gasteiger partial charge in [-0.05, 0) is 74.5 Å². The molecular formula is C32H45N5O3. The summed E-state index contributed by atoms with van der Waals surface area (Å²) in [5.41, 5.74) is 4.30. The van der Waals surface area contributed by atoms with E-state index in [1.54, 1.807) is 7.11 Å². The van der Waals surface area contributed by atoms with Crippen LogP contribution in [0.25, 0.3) is 0 Å². The third-order valence-electron chi connectivity index (χ3n) is 8.99. The molecule has 2 fully saturated rings. The molecule has 3 aliphatic rings. The van der Waals surface area contributed by atoms with E-state index in [1.165, 1.54) is 11.3 Å². The summed E-state index contributed by atoms with van der Waals surface area (Å²) in [6, 6.07) is 16.4. The van der Waals surface area contributed by atoms with Crippen molar-refractivity contribution in [1.82, 2.24) is 15.5 Å². The minimum Gasteiger partial charge on any atom is -0.383 e. The standard InChI is InChI=1S/C32H45N5O3/c1-36-17-19-37(20-18-36)26-13-11-23(12-14-26)31(38)35-29-10-6-4-8-27(29)32(39)33-16-15-25-21-24-7-3-5-9-28(24)34-30(25)22-40-2/h3,5,7,9,11-14,25,27,29-30,34H,4,6,8,10,15-22H2,1-2H3,(H,33,39)(H,35,38)/t25-,27-,29+,30-/m0/s1. The van der Waals surface area contributed by atoms with E-state index in [2.05, 4.69) is 57.1 Å². The quantitative estimate of drug-likeness (QED) is 0.446. The van der Waals surface area contributed by atoms with Gasteiger partial charge in [0, 0.05) is 62.8 Å². The number of fused-ring (bicyclic) bond motifs is 1. The highest BCUT2D eigenvalue weighted by Gasteiger charge is 2.33. The zero-order valence-corrected chi connectivity index (χ0v) is 24.0. The van der Waals surface area contributed by atoms with Crippen LogP contribution in [0.5, 0.6) is 0 Å². The van der Waals surface area contributed by atoms with Gasteiger partial charge in [0.25, 0.3) is 5.91 Å². The zero-order chi connectivity index (χ0) is 27.9. The Morgan fingerprint density at radius 2 is 1.75 bits per heavy atom. The summed E-state index contributed by atoms with van der Waals surface area (Å²) >= 11 is 0. The van der Waals surface area contributed by atoms with Crippen molar-refractivity contribution < 1.29 is 14.3 Å². The number of likely N-dealkylation sites (N-methyl/N-ethyl adjacent to an activating group) is 1. The van der Waals surface area contributed by atoms with Gasteiger partial charge in [-0.3, -0.25) is 9.59 Å². The number of amides is 2. The number of nitrogens with zero attached hydrogens (tertiary/aromatic N) is 2. The molecule has 216 valence electrons. The molecule has 1 saturated carbocycles. The van der Waals surface area contributed by atoms with Crippen LogP contribution in [0.1, 0.15) is 48.0 Å². The third kappa shape index (κ3) is 6.96. The zero-order valence-electron chi connectivity index (χ0n) is 24.0. The van der Waals surface area contributed by atoms with Crippen molar-refractivity contribution in [3.63, 3.8) is 0 Å². The van der Waals surface area contributed by atoms with E-state index >= 15 is 0 Å². The molecule has 8 nitrogen and oxygen atoms in total. The van der Waals surface area contributed by atoms with Crippen molar-refractivity contribution in [2.45, 2.75) is 50.6 Å². The minimum atomic E-state index is -0.192. The van der Waals surface area contributed by atoms with Crippen molar-refractivity contribution in [1.29, 1.82) is 0 Å². The summed E-state index contributed by atoms with van der Waals surface area (Å²) in [4.78, 5) is 31.2. The Balaban J connectivity index is 1.13. The Labute approximate surface area is 238 Å². The molecule has 1 aliphatic carbocycles. The van der Waals surface area contributed by atoms with E-state index in [0.717, 1.165) is 70.4 Å². The molecule has 0 aromatic heterocycles. The summed E-state index contributed by atoms with van der Waals surface area (Å²) in [6.07, 6.45) is 5.55. The molecule has 2 aromatic carbocycles. The minimum absolute atomic E-state index is 0.0582. The van der Waals surface area contributed by atoms with Crippen LogP contribution in [-0.2, 0) is 16.0 Å². The molecule has 3 N–H and O–H groups in total. The van der Waals surface area contributed by atoms with Gasteiger partial charge in [0.15, 0.2) is 0 Å². The van der Waals surface area contributed by atoms with Gasteiger partial charge in [0.1, 0.15) is 0 Å². The van der Waals surface area contributed by atoms with Crippen LogP contribution in [0, 0.1) is 11.8 Å². The van der Waals surface area contributed by atoms with E-state index in [0.29, 0.717) is 24.6 Å². The average molecular weight is 548 g/mol. The van der Waals surface area contributed by atoms with Crippen molar-refractivity contribution in [2.24, 2.45) is 11.8 Å². The topological polar surface area (TPSA) is 85.9 Å². The van der Waals surface area contributed by atoms with Crippen LogP contribution in [0.15, 0.2) is 48.5 Å². The van der Waals surface area contributed by atoms with Crippen molar-refractivity contribution in [3.8, 4) is 0 Å². The van der Waals surface area contributed by atoms with Crippen LogP contribution in [0.3, 0.4) is 0 Å². The van der Waals surface area contributed by atoms with E-state index in [1.807, 2.05) is 24.3 Å². The van der Waals surface area contributed by atoms with Crippen LogP contribution in [0.2, 0.25) is 0 Å². The Morgan fingerprint density at radius 1 is 1.00 bits per heavy atom. The second kappa shape index (κ2) is 13.5. The molecule has 2 aromatic rings. The molecule has 0 radical (unpaired) electrons. The summed E-state index contributed by atoms with van der Waals surface area (Å²) < 4.78 is 5.48. The summed E-state index contributed by atoms with van der Waals surface area (Å²) in [5.74, 6) is 0.153. The number of nitrogens with one attached hydrogen (secondary N) is 3. The van der Waals surface area contributed by atoms with Crippen molar-refractivity contribution in [2.75, 3.05) is 63.7 Å². The van der Waals surface area contributed by atoms with Gasteiger partial charge in [0.2, 0.25) is 5.91 Å². The molecule has 1 saturated heterocycles. The van der Waals surface area contributed by atoms with Gasteiger partial charge < -0.3 is 30.5 Å². The fraction of sp³-hybridized carbons (Fsp3) is 0.562.